The summed E-state index contributed by atoms with van der Waals surface area (Å²) in [5, 5.41) is 20.5. The molecule has 38 heavy (non-hydrogen) atoms. The van der Waals surface area contributed by atoms with Gasteiger partial charge in [-0.2, -0.15) is 8.42 Å². The molecule has 1 fully saturated rings. The van der Waals surface area contributed by atoms with Crippen LogP contribution in [-0.4, -0.2) is 65.0 Å². The van der Waals surface area contributed by atoms with Crippen molar-refractivity contribution in [3.05, 3.63) is 84.9 Å². The number of carbonyl (C=O) groups is 2. The first-order chi connectivity index (χ1) is 18.0. The lowest BCUT2D eigenvalue weighted by Gasteiger charge is -2.47. The number of benzene rings is 2. The second-order valence-electron chi connectivity index (χ2n) is 7.96. The third-order valence-electron chi connectivity index (χ3n) is 5.39. The predicted molar refractivity (Wildman–Crippen MR) is 134 cm³/mol. The summed E-state index contributed by atoms with van der Waals surface area (Å²) < 4.78 is 36.7. The van der Waals surface area contributed by atoms with E-state index in [-0.39, 0.29) is 28.5 Å². The normalized spacial score (nSPS) is 19.1. The van der Waals surface area contributed by atoms with E-state index in [0.717, 1.165) is 36.1 Å². The van der Waals surface area contributed by atoms with Gasteiger partial charge in [0.25, 0.3) is 17.3 Å². The molecule has 2 heterocycles. The van der Waals surface area contributed by atoms with E-state index in [2.05, 4.69) is 4.99 Å². The van der Waals surface area contributed by atoms with E-state index in [1.807, 2.05) is 0 Å². The molecule has 0 saturated carbocycles. The van der Waals surface area contributed by atoms with Crippen molar-refractivity contribution in [2.75, 3.05) is 12.4 Å². The number of fused-ring (bicyclic) bond motifs is 1. The quantitative estimate of drug-likeness (QED) is 0.109. The van der Waals surface area contributed by atoms with Gasteiger partial charge in [0.15, 0.2) is 11.1 Å². The van der Waals surface area contributed by atoms with Gasteiger partial charge in [-0.25, -0.2) is 0 Å². The van der Waals surface area contributed by atoms with Crippen LogP contribution in [0.2, 0.25) is 0 Å². The van der Waals surface area contributed by atoms with E-state index in [4.69, 9.17) is 8.92 Å². The minimum Gasteiger partial charge on any atom is -0.461 e. The number of aliphatic imine (C=N–C) groups is 1. The number of nitrogens with zero attached hydrogens (tertiary/aromatic N) is 4. The van der Waals surface area contributed by atoms with Crippen LogP contribution in [-0.2, 0) is 24.4 Å². The van der Waals surface area contributed by atoms with Gasteiger partial charge in [-0.1, -0.05) is 0 Å². The first-order valence-corrected chi connectivity index (χ1v) is 13.2. The number of nitro benzene ring substituents is 2. The maximum absolute atomic E-state index is 13.3. The van der Waals surface area contributed by atoms with E-state index in [1.165, 1.54) is 42.2 Å². The van der Waals surface area contributed by atoms with Crippen LogP contribution in [0.4, 0.5) is 11.4 Å². The van der Waals surface area contributed by atoms with Gasteiger partial charge in [0.1, 0.15) is 17.7 Å². The SMILES string of the molecule is CC(=O)OCC1=C(S(=O)(=O)Oc2ccc([N+](=O)[O-])cc2)N2C(=O)[C@H](/N=C/c3ccc([N+](=O)[O-])cc3)[C@H]2SC1. The van der Waals surface area contributed by atoms with Gasteiger partial charge in [-0.3, -0.25) is 39.7 Å². The lowest BCUT2D eigenvalue weighted by atomic mass is 10.1. The number of amides is 1. The molecule has 2 aliphatic heterocycles. The Bertz CT molecular complexity index is 1470. The monoisotopic (exact) mass is 562 g/mol. The zero-order valence-electron chi connectivity index (χ0n) is 19.5. The number of non-ortho nitro benzene ring substituents is 2. The van der Waals surface area contributed by atoms with Crippen LogP contribution in [0.1, 0.15) is 12.5 Å². The van der Waals surface area contributed by atoms with Gasteiger partial charge in [-0.15, -0.1) is 11.8 Å². The highest BCUT2D eigenvalue weighted by Crippen LogP contribution is 2.44. The molecule has 0 spiro atoms. The molecule has 2 aliphatic rings. The number of thioether (sulfide) groups is 1. The topological polar surface area (TPSA) is 189 Å². The highest BCUT2D eigenvalue weighted by molar-refractivity contribution is 8.00. The molecule has 2 aromatic rings. The maximum atomic E-state index is 13.3. The van der Waals surface area contributed by atoms with Gasteiger partial charge in [0.05, 0.1) is 9.85 Å². The number of nitro groups is 2. The molecule has 4 rings (SSSR count). The molecule has 1 saturated heterocycles. The molecule has 198 valence electrons. The third-order valence-corrected chi connectivity index (χ3v) is 8.09. The molecule has 0 aromatic heterocycles. The number of rotatable bonds is 9. The van der Waals surface area contributed by atoms with Crippen molar-refractivity contribution in [2.45, 2.75) is 18.3 Å². The van der Waals surface area contributed by atoms with Gasteiger partial charge in [0, 0.05) is 48.7 Å². The number of esters is 1. The Morgan fingerprint density at radius 2 is 1.68 bits per heavy atom. The van der Waals surface area contributed by atoms with E-state index in [1.54, 1.807) is 0 Å². The molecule has 0 unspecified atom stereocenters. The highest BCUT2D eigenvalue weighted by Gasteiger charge is 2.55. The number of β-lactam (4-membered cyclic amide) rings is 1. The minimum atomic E-state index is -4.64. The van der Waals surface area contributed by atoms with Gasteiger partial charge < -0.3 is 8.92 Å². The van der Waals surface area contributed by atoms with Crippen LogP contribution in [0.3, 0.4) is 0 Å². The zero-order valence-corrected chi connectivity index (χ0v) is 21.1. The second kappa shape index (κ2) is 10.6. The van der Waals surface area contributed by atoms with Crippen LogP contribution < -0.4 is 4.18 Å². The van der Waals surface area contributed by atoms with Crippen molar-refractivity contribution in [2.24, 2.45) is 4.99 Å². The fourth-order valence-corrected chi connectivity index (χ4v) is 6.46. The fraction of sp³-hybridized carbons (Fsp3) is 0.227. The Balaban J connectivity index is 1.60. The smallest absolute Gasteiger partial charge is 0.355 e. The number of ether oxygens (including phenoxy) is 1. The molecule has 16 heteroatoms. The van der Waals surface area contributed by atoms with Crippen molar-refractivity contribution < 1.29 is 36.8 Å². The molecule has 0 bridgehead atoms. The van der Waals surface area contributed by atoms with Crippen molar-refractivity contribution in [1.82, 2.24) is 4.90 Å². The minimum absolute atomic E-state index is 0.0868. The van der Waals surface area contributed by atoms with Crippen molar-refractivity contribution in [3.8, 4) is 5.75 Å². The number of carbonyl (C=O) groups excluding carboxylic acids is 2. The molecule has 1 amide bonds. The summed E-state index contributed by atoms with van der Waals surface area (Å²) in [5.41, 5.74) is 0.243. The first kappa shape index (κ1) is 26.7. The molecule has 0 aliphatic carbocycles. The Kier molecular flexibility index (Phi) is 7.45. The Hall–Kier alpha value is -4.31. The van der Waals surface area contributed by atoms with Crippen LogP contribution in [0, 0.1) is 20.2 Å². The summed E-state index contributed by atoms with van der Waals surface area (Å²) in [6.45, 7) is 0.756. The number of hydrogen-bond acceptors (Lipinski definition) is 12. The van der Waals surface area contributed by atoms with E-state index < -0.39 is 54.9 Å². The largest absolute Gasteiger partial charge is 0.461 e. The molecular formula is C22H18N4O10S2. The zero-order chi connectivity index (χ0) is 27.6. The van der Waals surface area contributed by atoms with Crippen molar-refractivity contribution in [1.29, 1.82) is 0 Å². The van der Waals surface area contributed by atoms with E-state index in [9.17, 15) is 38.2 Å². The average molecular weight is 563 g/mol. The number of hydrogen-bond donors (Lipinski definition) is 0. The molecule has 14 nitrogen and oxygen atoms in total. The summed E-state index contributed by atoms with van der Waals surface area (Å²) in [6.07, 6.45) is 1.36. The molecular weight excluding hydrogens is 544 g/mol. The summed E-state index contributed by atoms with van der Waals surface area (Å²) >= 11 is 1.22. The van der Waals surface area contributed by atoms with Gasteiger partial charge in [0.2, 0.25) is 0 Å². The van der Waals surface area contributed by atoms with E-state index >= 15 is 0 Å². The van der Waals surface area contributed by atoms with Crippen molar-refractivity contribution in [3.63, 3.8) is 0 Å². The standard InChI is InChI=1S/C22H18N4O10S2/c1-13(27)35-11-15-12-37-21-19(23-10-14-2-4-16(5-3-14)25(29)30)20(28)24(21)22(15)38(33,34)36-18-8-6-17(7-9-18)26(31)32/h2-10,19,21H,11-12H2,1H3/b23-10+/t19-,21+/m0/s1. The fourth-order valence-electron chi connectivity index (χ4n) is 3.61. The van der Waals surface area contributed by atoms with Crippen LogP contribution in [0.15, 0.2) is 64.1 Å². The summed E-state index contributed by atoms with van der Waals surface area (Å²) in [6, 6.07) is 8.90. The molecule has 2 atom stereocenters. The lowest BCUT2D eigenvalue weighted by Crippen LogP contribution is -2.64. The van der Waals surface area contributed by atoms with Gasteiger partial charge in [-0.05, 0) is 29.8 Å². The predicted octanol–water partition coefficient (Wildman–Crippen LogP) is 2.39. The highest BCUT2D eigenvalue weighted by atomic mass is 32.2. The third kappa shape index (κ3) is 5.50. The van der Waals surface area contributed by atoms with Crippen LogP contribution in [0.5, 0.6) is 5.75 Å². The second-order valence-corrected chi connectivity index (χ2v) is 10.5. The summed E-state index contributed by atoms with van der Waals surface area (Å²) in [5.74, 6) is -1.43. The maximum Gasteiger partial charge on any atom is 0.355 e. The Morgan fingerprint density at radius 1 is 1.11 bits per heavy atom. The molecule has 0 radical (unpaired) electrons. The van der Waals surface area contributed by atoms with Crippen molar-refractivity contribution >= 4 is 51.3 Å². The molecule has 0 N–H and O–H groups in total. The van der Waals surface area contributed by atoms with E-state index in [0.29, 0.717) is 5.56 Å². The lowest BCUT2D eigenvalue weighted by molar-refractivity contribution is -0.385. The Labute approximate surface area is 219 Å². The van der Waals surface area contributed by atoms with Crippen LogP contribution >= 0.6 is 11.8 Å². The summed E-state index contributed by atoms with van der Waals surface area (Å²) in [7, 11) is -4.64. The Morgan fingerprint density at radius 3 is 2.24 bits per heavy atom. The molecule has 2 aromatic carbocycles. The van der Waals surface area contributed by atoms with Gasteiger partial charge >= 0.3 is 16.1 Å². The average Bonchev–Trinajstić information content (AvgIpc) is 2.87. The summed E-state index contributed by atoms with van der Waals surface area (Å²) in [4.78, 5) is 50.1. The first-order valence-electron chi connectivity index (χ1n) is 10.7. The van der Waals surface area contributed by atoms with Crippen LogP contribution in [0.25, 0.3) is 0 Å².